The Hall–Kier alpha value is -0.640. The molecule has 0 aliphatic rings. The van der Waals surface area contributed by atoms with E-state index < -0.39 is 7.60 Å². The van der Waals surface area contributed by atoms with Crippen molar-refractivity contribution in [3.63, 3.8) is 0 Å². The van der Waals surface area contributed by atoms with Crippen molar-refractivity contribution >= 4 is 13.5 Å². The lowest BCUT2D eigenvalue weighted by Gasteiger charge is -2.14. The van der Waals surface area contributed by atoms with Crippen molar-refractivity contribution in [3.8, 4) is 0 Å². The lowest BCUT2D eigenvalue weighted by molar-refractivity contribution is -0.119. The van der Waals surface area contributed by atoms with Gasteiger partial charge in [0.15, 0.2) is 0 Å². The van der Waals surface area contributed by atoms with Crippen molar-refractivity contribution in [2.24, 2.45) is 0 Å². The first kappa shape index (κ1) is 15.4. The average Bonchev–Trinajstić information content (AvgIpc) is 2.15. The van der Waals surface area contributed by atoms with E-state index in [1.54, 1.807) is 26.8 Å². The Morgan fingerprint density at radius 3 is 2.25 bits per heavy atom. The van der Waals surface area contributed by atoms with Crippen LogP contribution in [0.1, 0.15) is 27.7 Å². The summed E-state index contributed by atoms with van der Waals surface area (Å²) in [7, 11) is -3.15. The van der Waals surface area contributed by atoms with E-state index in [-0.39, 0.29) is 11.9 Å². The molecule has 94 valence electrons. The molecule has 0 bridgehead atoms. The number of amides is 1. The molecule has 0 aliphatic heterocycles. The molecule has 0 fully saturated rings. The molecule has 0 radical (unpaired) electrons. The second-order valence-electron chi connectivity index (χ2n) is 3.21. The molecule has 0 aromatic carbocycles. The Morgan fingerprint density at radius 1 is 1.38 bits per heavy atom. The number of rotatable bonds is 7. The zero-order valence-corrected chi connectivity index (χ0v) is 11.1. The van der Waals surface area contributed by atoms with Crippen molar-refractivity contribution in [2.45, 2.75) is 33.7 Å². The molecule has 16 heavy (non-hydrogen) atoms. The summed E-state index contributed by atoms with van der Waals surface area (Å²) in [6.45, 7) is 7.33. The Morgan fingerprint density at radius 2 is 1.88 bits per heavy atom. The molecule has 6 heteroatoms. The molecular formula is C10H20NO4P. The van der Waals surface area contributed by atoms with Gasteiger partial charge in [-0.3, -0.25) is 9.36 Å². The maximum atomic E-state index is 12.0. The van der Waals surface area contributed by atoms with Crippen LogP contribution in [0.15, 0.2) is 11.9 Å². The Kier molecular flexibility index (Phi) is 7.30. The Balaban J connectivity index is 4.43. The summed E-state index contributed by atoms with van der Waals surface area (Å²) in [5.74, 6) is 1.25. The highest BCUT2D eigenvalue weighted by Gasteiger charge is 2.19. The second-order valence-corrected chi connectivity index (χ2v) is 5.10. The molecule has 1 unspecified atom stereocenters. The fraction of sp³-hybridized carbons (Fsp3) is 0.700. The molecule has 0 saturated carbocycles. The van der Waals surface area contributed by atoms with Gasteiger partial charge in [-0.2, -0.15) is 0 Å². The van der Waals surface area contributed by atoms with Crippen LogP contribution in [-0.4, -0.2) is 25.2 Å². The zero-order chi connectivity index (χ0) is 12.6. The molecule has 0 aliphatic carbocycles. The molecule has 5 nitrogen and oxygen atoms in total. The van der Waals surface area contributed by atoms with Crippen LogP contribution in [0.4, 0.5) is 0 Å². The lowest BCUT2D eigenvalue weighted by Crippen LogP contribution is -2.28. The Labute approximate surface area is 96.7 Å². The van der Waals surface area contributed by atoms with Crippen molar-refractivity contribution in [1.29, 1.82) is 0 Å². The van der Waals surface area contributed by atoms with Crippen molar-refractivity contribution < 1.29 is 18.4 Å². The topological polar surface area (TPSA) is 64.6 Å². The molecule has 1 atom stereocenters. The standard InChI is InChI=1S/C10H20NO4P/c1-5-14-16(13,15-6-2)8-7-9(3)11-10(4)12/h7-9H,5-6H2,1-4H3,(H,11,12)/b8-7+. The number of carbonyl (C=O) groups excluding carboxylic acids is 1. The smallest absolute Gasteiger partial charge is 0.350 e. The molecule has 0 aromatic rings. The van der Waals surface area contributed by atoms with E-state index in [0.717, 1.165) is 0 Å². The normalized spacial score (nSPS) is 14.0. The van der Waals surface area contributed by atoms with Crippen LogP contribution < -0.4 is 5.32 Å². The molecule has 0 saturated heterocycles. The van der Waals surface area contributed by atoms with Gasteiger partial charge in [-0.15, -0.1) is 0 Å². The van der Waals surface area contributed by atoms with Gasteiger partial charge in [0, 0.05) is 18.8 Å². The fourth-order valence-corrected chi connectivity index (χ4v) is 2.52. The molecule has 0 heterocycles. The highest BCUT2D eigenvalue weighted by molar-refractivity contribution is 7.57. The van der Waals surface area contributed by atoms with Crippen LogP contribution in [0.2, 0.25) is 0 Å². The number of carbonyl (C=O) groups is 1. The van der Waals surface area contributed by atoms with Crippen LogP contribution in [-0.2, 0) is 18.4 Å². The maximum Gasteiger partial charge on any atom is 0.353 e. The van der Waals surface area contributed by atoms with E-state index in [4.69, 9.17) is 9.05 Å². The van der Waals surface area contributed by atoms with E-state index >= 15 is 0 Å². The molecule has 1 N–H and O–H groups in total. The predicted molar refractivity (Wildman–Crippen MR) is 63.3 cm³/mol. The average molecular weight is 249 g/mol. The Bertz CT molecular complexity index is 281. The van der Waals surface area contributed by atoms with E-state index in [1.807, 2.05) is 0 Å². The summed E-state index contributed by atoms with van der Waals surface area (Å²) in [4.78, 5) is 10.8. The summed E-state index contributed by atoms with van der Waals surface area (Å²) >= 11 is 0. The van der Waals surface area contributed by atoms with Crippen LogP contribution in [0.25, 0.3) is 0 Å². The largest absolute Gasteiger partial charge is 0.353 e. The lowest BCUT2D eigenvalue weighted by atomic mass is 10.3. The molecule has 0 rings (SSSR count). The minimum Gasteiger partial charge on any atom is -0.350 e. The maximum absolute atomic E-state index is 12.0. The highest BCUT2D eigenvalue weighted by atomic mass is 31.2. The SMILES string of the molecule is CCOP(=O)(/C=C/C(C)NC(C)=O)OCC. The van der Waals surface area contributed by atoms with Crippen molar-refractivity contribution in [1.82, 2.24) is 5.32 Å². The van der Waals surface area contributed by atoms with Gasteiger partial charge in [0.2, 0.25) is 5.91 Å². The van der Waals surface area contributed by atoms with E-state index in [9.17, 15) is 9.36 Å². The van der Waals surface area contributed by atoms with Crippen LogP contribution in [0, 0.1) is 0 Å². The summed E-state index contributed by atoms with van der Waals surface area (Å²) in [6, 6.07) is -0.202. The van der Waals surface area contributed by atoms with Gasteiger partial charge in [-0.1, -0.05) is 6.08 Å². The predicted octanol–water partition coefficient (Wildman–Crippen LogP) is 2.29. The number of hydrogen-bond donors (Lipinski definition) is 1. The quantitative estimate of drug-likeness (QED) is 0.703. The summed E-state index contributed by atoms with van der Waals surface area (Å²) in [6.07, 6.45) is 1.60. The van der Waals surface area contributed by atoms with Gasteiger partial charge in [-0.25, -0.2) is 0 Å². The van der Waals surface area contributed by atoms with Crippen molar-refractivity contribution in [2.75, 3.05) is 13.2 Å². The zero-order valence-electron chi connectivity index (χ0n) is 10.2. The van der Waals surface area contributed by atoms with Crippen LogP contribution in [0.3, 0.4) is 0 Å². The molecule has 0 spiro atoms. The second kappa shape index (κ2) is 7.60. The van der Waals surface area contributed by atoms with Gasteiger partial charge in [-0.05, 0) is 20.8 Å². The monoisotopic (exact) mass is 249 g/mol. The third-order valence-electron chi connectivity index (χ3n) is 1.61. The van der Waals surface area contributed by atoms with Gasteiger partial charge >= 0.3 is 7.60 Å². The number of nitrogens with one attached hydrogen (secondary N) is 1. The molecular weight excluding hydrogens is 229 g/mol. The first-order valence-corrected chi connectivity index (χ1v) is 6.90. The summed E-state index contributed by atoms with van der Waals surface area (Å²) in [5.41, 5.74) is 0. The van der Waals surface area contributed by atoms with Gasteiger partial charge in [0.25, 0.3) is 0 Å². The summed E-state index contributed by atoms with van der Waals surface area (Å²) < 4.78 is 22.1. The third-order valence-corrected chi connectivity index (χ3v) is 3.38. The van der Waals surface area contributed by atoms with E-state index in [1.165, 1.54) is 12.7 Å². The van der Waals surface area contributed by atoms with Gasteiger partial charge in [0.05, 0.1) is 13.2 Å². The molecule has 0 aromatic heterocycles. The van der Waals surface area contributed by atoms with Gasteiger partial charge < -0.3 is 14.4 Å². The van der Waals surface area contributed by atoms with Crippen LogP contribution in [0.5, 0.6) is 0 Å². The van der Waals surface area contributed by atoms with E-state index in [2.05, 4.69) is 5.32 Å². The third kappa shape index (κ3) is 6.77. The van der Waals surface area contributed by atoms with Crippen molar-refractivity contribution in [3.05, 3.63) is 11.9 Å². The minimum absolute atomic E-state index is 0.139. The highest BCUT2D eigenvalue weighted by Crippen LogP contribution is 2.49. The fourth-order valence-electron chi connectivity index (χ4n) is 1.09. The summed E-state index contributed by atoms with van der Waals surface area (Å²) in [5, 5.41) is 2.64. The first-order chi connectivity index (χ1) is 7.43. The number of hydrogen-bond acceptors (Lipinski definition) is 4. The van der Waals surface area contributed by atoms with E-state index in [0.29, 0.717) is 13.2 Å². The molecule has 1 amide bonds. The minimum atomic E-state index is -3.15. The first-order valence-electron chi connectivity index (χ1n) is 5.28. The van der Waals surface area contributed by atoms with Crippen LogP contribution >= 0.6 is 7.60 Å². The van der Waals surface area contributed by atoms with Gasteiger partial charge in [0.1, 0.15) is 0 Å².